The van der Waals surface area contributed by atoms with Gasteiger partial charge in [0, 0.05) is 23.9 Å². The Balaban J connectivity index is 2.15. The van der Waals surface area contributed by atoms with Crippen molar-refractivity contribution < 1.29 is 28.2 Å². The number of nitrogens with zero attached hydrogens (tertiary/aromatic N) is 3. The highest BCUT2D eigenvalue weighted by Crippen LogP contribution is 2.38. The van der Waals surface area contributed by atoms with Crippen molar-refractivity contribution in [3.05, 3.63) is 40.7 Å². The van der Waals surface area contributed by atoms with Crippen LogP contribution in [-0.2, 0) is 20.9 Å². The summed E-state index contributed by atoms with van der Waals surface area (Å²) in [6.07, 6.45) is 1.39. The van der Waals surface area contributed by atoms with Crippen molar-refractivity contribution in [3.63, 3.8) is 0 Å². The molecule has 28 heavy (non-hydrogen) atoms. The summed E-state index contributed by atoms with van der Waals surface area (Å²) in [6, 6.07) is 2.70. The Bertz CT molecular complexity index is 940. The number of hydrogen-bond donors (Lipinski definition) is 0. The van der Waals surface area contributed by atoms with E-state index in [0.29, 0.717) is 5.56 Å². The van der Waals surface area contributed by atoms with Crippen molar-refractivity contribution in [3.8, 4) is 11.5 Å². The number of aromatic nitrogens is 2. The third-order valence-electron chi connectivity index (χ3n) is 4.25. The van der Waals surface area contributed by atoms with E-state index in [4.69, 9.17) is 25.8 Å². The zero-order valence-corrected chi connectivity index (χ0v) is 16.1. The maximum Gasteiger partial charge on any atom is 0.324 e. The topological polar surface area (TPSA) is 90.9 Å². The second kappa shape index (κ2) is 7.97. The normalized spacial score (nSPS) is 15.8. The molecule has 0 N–H and O–H groups in total. The van der Waals surface area contributed by atoms with E-state index in [1.807, 2.05) is 0 Å². The van der Waals surface area contributed by atoms with Crippen LogP contribution >= 0.6 is 11.6 Å². The van der Waals surface area contributed by atoms with E-state index in [9.17, 15) is 14.0 Å². The van der Waals surface area contributed by atoms with Crippen molar-refractivity contribution in [2.75, 3.05) is 25.7 Å². The molecule has 0 radical (unpaired) electrons. The largest absolute Gasteiger partial charge is 0.497 e. The molecule has 8 nitrogen and oxygen atoms in total. The molecule has 1 aromatic carbocycles. The number of amides is 1. The number of methoxy groups -OCH3 is 2. The van der Waals surface area contributed by atoms with Gasteiger partial charge >= 0.3 is 5.97 Å². The Morgan fingerprint density at radius 2 is 2.11 bits per heavy atom. The van der Waals surface area contributed by atoms with Gasteiger partial charge in [-0.2, -0.15) is 0 Å². The molecule has 0 saturated heterocycles. The molecule has 2 heterocycles. The summed E-state index contributed by atoms with van der Waals surface area (Å²) in [4.78, 5) is 34.7. The van der Waals surface area contributed by atoms with Gasteiger partial charge in [-0.15, -0.1) is 0 Å². The average molecular weight is 410 g/mol. The minimum atomic E-state index is -1.39. The molecule has 1 aliphatic rings. The number of anilines is 1. The predicted molar refractivity (Wildman–Crippen MR) is 97.1 cm³/mol. The molecule has 148 valence electrons. The summed E-state index contributed by atoms with van der Waals surface area (Å²) in [5, 5.41) is -0.108. The van der Waals surface area contributed by atoms with Gasteiger partial charge in [-0.25, -0.2) is 14.4 Å². The third-order valence-corrected chi connectivity index (χ3v) is 4.43. The summed E-state index contributed by atoms with van der Waals surface area (Å²) in [5.74, 6) is -3.48. The van der Waals surface area contributed by atoms with E-state index in [2.05, 4.69) is 9.97 Å². The first-order valence-electron chi connectivity index (χ1n) is 8.32. The first-order chi connectivity index (χ1) is 13.4. The highest BCUT2D eigenvalue weighted by atomic mass is 35.5. The fourth-order valence-corrected chi connectivity index (χ4v) is 3.09. The lowest BCUT2D eigenvalue weighted by atomic mass is 9.94. The molecule has 3 rings (SSSR count). The van der Waals surface area contributed by atoms with Crippen LogP contribution in [0.2, 0.25) is 5.28 Å². The van der Waals surface area contributed by atoms with Crippen molar-refractivity contribution in [2.24, 2.45) is 0 Å². The van der Waals surface area contributed by atoms with E-state index in [-0.39, 0.29) is 41.3 Å². The van der Waals surface area contributed by atoms with Crippen molar-refractivity contribution >= 4 is 29.2 Å². The number of fused-ring (bicyclic) bond motifs is 1. The average Bonchev–Trinajstić information content (AvgIpc) is 2.68. The first-order valence-corrected chi connectivity index (χ1v) is 8.69. The number of rotatable bonds is 5. The van der Waals surface area contributed by atoms with E-state index in [1.54, 1.807) is 6.92 Å². The van der Waals surface area contributed by atoms with E-state index in [0.717, 1.165) is 4.90 Å². The fourth-order valence-electron chi connectivity index (χ4n) is 2.95. The smallest absolute Gasteiger partial charge is 0.324 e. The molecule has 1 atom stereocenters. The molecule has 0 spiro atoms. The highest BCUT2D eigenvalue weighted by molar-refractivity contribution is 6.28. The van der Waals surface area contributed by atoms with E-state index < -0.39 is 23.6 Å². The van der Waals surface area contributed by atoms with Gasteiger partial charge in [0.15, 0.2) is 17.5 Å². The molecule has 1 aromatic heterocycles. The molecule has 0 fully saturated rings. The SMILES string of the molecule is CCOC(=O)C1C(=O)N(c2cc(OC)cc(OC)c2F)Cc2cnc(Cl)nc21. The van der Waals surface area contributed by atoms with Gasteiger partial charge in [-0.1, -0.05) is 0 Å². The highest BCUT2D eigenvalue weighted by Gasteiger charge is 2.42. The lowest BCUT2D eigenvalue weighted by Crippen LogP contribution is -2.44. The lowest BCUT2D eigenvalue weighted by molar-refractivity contribution is -0.148. The van der Waals surface area contributed by atoms with Crippen molar-refractivity contribution in [1.82, 2.24) is 9.97 Å². The number of benzene rings is 1. The van der Waals surface area contributed by atoms with Gasteiger partial charge in [0.05, 0.1) is 38.8 Å². The van der Waals surface area contributed by atoms with Gasteiger partial charge in [0.1, 0.15) is 5.75 Å². The summed E-state index contributed by atoms with van der Waals surface area (Å²) in [6.45, 7) is 1.62. The number of hydrogen-bond acceptors (Lipinski definition) is 7. The molecule has 1 unspecified atom stereocenters. The molecule has 2 aromatic rings. The fraction of sp³-hybridized carbons (Fsp3) is 0.333. The van der Waals surface area contributed by atoms with Crippen molar-refractivity contribution in [2.45, 2.75) is 19.4 Å². The molecule has 1 amide bonds. The number of carbonyl (C=O) groups excluding carboxylic acids is 2. The maximum absolute atomic E-state index is 14.9. The maximum atomic E-state index is 14.9. The first kappa shape index (κ1) is 19.8. The van der Waals surface area contributed by atoms with Crippen LogP contribution in [0.1, 0.15) is 24.1 Å². The Labute approximate surface area is 165 Å². The number of ether oxygens (including phenoxy) is 3. The molecule has 0 saturated carbocycles. The van der Waals surface area contributed by atoms with E-state index in [1.165, 1.54) is 32.5 Å². The Kier molecular flexibility index (Phi) is 5.64. The summed E-state index contributed by atoms with van der Waals surface area (Å²) < 4.78 is 30.1. The Morgan fingerprint density at radius 3 is 2.75 bits per heavy atom. The van der Waals surface area contributed by atoms with Gasteiger partial charge in [-0.3, -0.25) is 9.59 Å². The van der Waals surface area contributed by atoms with Crippen LogP contribution in [0.25, 0.3) is 0 Å². The second-order valence-electron chi connectivity index (χ2n) is 5.82. The summed E-state index contributed by atoms with van der Waals surface area (Å²) in [5.41, 5.74) is 0.495. The zero-order valence-electron chi connectivity index (χ0n) is 15.4. The minimum absolute atomic E-state index is 0.0610. The zero-order chi connectivity index (χ0) is 20.4. The van der Waals surface area contributed by atoms with Crippen LogP contribution in [-0.4, -0.2) is 42.7 Å². The number of carbonyl (C=O) groups is 2. The standard InChI is InChI=1S/C18H17ClFN3O5/c1-4-28-17(25)13-15-9(7-21-18(19)22-15)8-23(16(13)24)11-5-10(26-2)6-12(27-3)14(11)20/h5-7,13H,4,8H2,1-3H3. The lowest BCUT2D eigenvalue weighted by Gasteiger charge is -2.32. The van der Waals surface area contributed by atoms with Crippen LogP contribution < -0.4 is 14.4 Å². The Hall–Kier alpha value is -2.94. The van der Waals surface area contributed by atoms with Gasteiger partial charge in [0.2, 0.25) is 11.2 Å². The monoisotopic (exact) mass is 409 g/mol. The van der Waals surface area contributed by atoms with Crippen LogP contribution in [0.3, 0.4) is 0 Å². The molecule has 1 aliphatic heterocycles. The van der Waals surface area contributed by atoms with Crippen LogP contribution in [0, 0.1) is 5.82 Å². The van der Waals surface area contributed by atoms with Crippen molar-refractivity contribution in [1.29, 1.82) is 0 Å². The van der Waals surface area contributed by atoms with Gasteiger partial charge < -0.3 is 19.1 Å². The predicted octanol–water partition coefficient (Wildman–Crippen LogP) is 2.48. The number of esters is 1. The third kappa shape index (κ3) is 3.45. The van der Waals surface area contributed by atoms with Gasteiger partial charge in [0.25, 0.3) is 0 Å². The van der Waals surface area contributed by atoms with Crippen LogP contribution in [0.15, 0.2) is 18.3 Å². The molecule has 0 aliphatic carbocycles. The summed E-state index contributed by atoms with van der Waals surface area (Å²) in [7, 11) is 2.70. The minimum Gasteiger partial charge on any atom is -0.497 e. The molecular formula is C18H17ClFN3O5. The summed E-state index contributed by atoms with van der Waals surface area (Å²) >= 11 is 5.84. The quantitative estimate of drug-likeness (QED) is 0.425. The molecule has 0 bridgehead atoms. The molecule has 10 heteroatoms. The molecular weight excluding hydrogens is 393 g/mol. The van der Waals surface area contributed by atoms with Crippen LogP contribution in [0.4, 0.5) is 10.1 Å². The van der Waals surface area contributed by atoms with E-state index >= 15 is 0 Å². The Morgan fingerprint density at radius 1 is 1.36 bits per heavy atom. The number of halogens is 2. The van der Waals surface area contributed by atoms with Crippen LogP contribution in [0.5, 0.6) is 11.5 Å². The second-order valence-corrected chi connectivity index (χ2v) is 6.16. The van der Waals surface area contributed by atoms with Gasteiger partial charge in [-0.05, 0) is 18.5 Å².